The Morgan fingerprint density at radius 2 is 2.00 bits per heavy atom. The lowest BCUT2D eigenvalue weighted by molar-refractivity contribution is -0.141. The van der Waals surface area contributed by atoms with Crippen LogP contribution in [0.2, 0.25) is 0 Å². The molecule has 0 spiro atoms. The summed E-state index contributed by atoms with van der Waals surface area (Å²) in [5.41, 5.74) is -0.207. The van der Waals surface area contributed by atoms with Gasteiger partial charge in [-0.2, -0.15) is 0 Å². The highest BCUT2D eigenvalue weighted by molar-refractivity contribution is 5.80. The molecule has 1 aliphatic rings. The molecule has 1 rings (SSSR count). The molecule has 2 N–H and O–H groups in total. The Bertz CT molecular complexity index is 271. The summed E-state index contributed by atoms with van der Waals surface area (Å²) in [4.78, 5) is 22.4. The van der Waals surface area contributed by atoms with Gasteiger partial charge in [-0.05, 0) is 26.2 Å². The van der Waals surface area contributed by atoms with E-state index in [1.165, 1.54) is 0 Å². The average molecular weight is 244 g/mol. The number of ether oxygens (including phenoxy) is 2. The number of hydrogen-bond acceptors (Lipinski definition) is 4. The van der Waals surface area contributed by atoms with E-state index in [2.05, 4.69) is 15.4 Å². The molecular formula is C11H20N2O4. The van der Waals surface area contributed by atoms with Gasteiger partial charge in [0.05, 0.1) is 12.2 Å². The van der Waals surface area contributed by atoms with E-state index in [1.54, 1.807) is 14.0 Å². The predicted octanol–water partition coefficient (Wildman–Crippen LogP) is 0.418. The predicted molar refractivity (Wildman–Crippen MR) is 61.6 cm³/mol. The first-order chi connectivity index (χ1) is 8.12. The average Bonchev–Trinajstić information content (AvgIpc) is 2.26. The van der Waals surface area contributed by atoms with Gasteiger partial charge in [-0.1, -0.05) is 0 Å². The first kappa shape index (κ1) is 13.8. The maximum atomic E-state index is 11.4. The van der Waals surface area contributed by atoms with Crippen molar-refractivity contribution in [3.63, 3.8) is 0 Å². The van der Waals surface area contributed by atoms with Crippen LogP contribution in [0.3, 0.4) is 0 Å². The van der Waals surface area contributed by atoms with Crippen LogP contribution in [0.1, 0.15) is 26.2 Å². The van der Waals surface area contributed by atoms with Crippen LogP contribution in [0.25, 0.3) is 0 Å². The van der Waals surface area contributed by atoms with Gasteiger partial charge >= 0.3 is 12.0 Å². The van der Waals surface area contributed by atoms with E-state index in [1.807, 2.05) is 0 Å². The second kappa shape index (κ2) is 6.44. The molecule has 0 atom stereocenters. The van der Waals surface area contributed by atoms with Gasteiger partial charge in [0, 0.05) is 13.7 Å². The number of hydrogen-bond donors (Lipinski definition) is 2. The van der Waals surface area contributed by atoms with Crippen molar-refractivity contribution in [2.45, 2.75) is 31.8 Å². The summed E-state index contributed by atoms with van der Waals surface area (Å²) in [5.74, 6) is -0.437. The number of rotatable bonds is 6. The van der Waals surface area contributed by atoms with Gasteiger partial charge in [0.25, 0.3) is 0 Å². The third-order valence-electron chi connectivity index (χ3n) is 2.97. The molecular weight excluding hydrogens is 224 g/mol. The highest BCUT2D eigenvalue weighted by Gasteiger charge is 2.37. The second-order valence-corrected chi connectivity index (χ2v) is 4.08. The molecule has 0 heterocycles. The number of methoxy groups -OCH3 is 1. The molecule has 0 aromatic heterocycles. The van der Waals surface area contributed by atoms with Crippen LogP contribution in [0.15, 0.2) is 0 Å². The van der Waals surface area contributed by atoms with Gasteiger partial charge in [-0.3, -0.25) is 4.79 Å². The molecule has 0 aromatic rings. The Labute approximate surface area is 101 Å². The smallest absolute Gasteiger partial charge is 0.325 e. The standard InChI is InChI=1S/C11H20N2O4/c1-3-17-9(14)7-12-10(15)13-8-11(16-2)5-4-6-11/h3-8H2,1-2H3,(H2,12,13,15). The van der Waals surface area contributed by atoms with Crippen molar-refractivity contribution in [1.29, 1.82) is 0 Å². The number of amides is 2. The fourth-order valence-corrected chi connectivity index (χ4v) is 1.69. The summed E-state index contributed by atoms with van der Waals surface area (Å²) >= 11 is 0. The number of carbonyl (C=O) groups is 2. The van der Waals surface area contributed by atoms with Crippen LogP contribution < -0.4 is 10.6 Å². The Morgan fingerprint density at radius 3 is 2.47 bits per heavy atom. The lowest BCUT2D eigenvalue weighted by Crippen LogP contribution is -2.51. The molecule has 6 nitrogen and oxygen atoms in total. The van der Waals surface area contributed by atoms with Crippen LogP contribution >= 0.6 is 0 Å². The summed E-state index contributed by atoms with van der Waals surface area (Å²) in [6, 6.07) is -0.374. The Kier molecular flexibility index (Phi) is 5.21. The zero-order chi connectivity index (χ0) is 12.7. The van der Waals surface area contributed by atoms with E-state index in [-0.39, 0.29) is 18.2 Å². The van der Waals surface area contributed by atoms with Gasteiger partial charge in [0.2, 0.25) is 0 Å². The van der Waals surface area contributed by atoms with E-state index in [0.717, 1.165) is 19.3 Å². The van der Waals surface area contributed by atoms with Crippen LogP contribution in [-0.2, 0) is 14.3 Å². The van der Waals surface area contributed by atoms with Crippen molar-refractivity contribution < 1.29 is 19.1 Å². The van der Waals surface area contributed by atoms with Gasteiger partial charge in [0.15, 0.2) is 0 Å². The minimum atomic E-state index is -0.437. The zero-order valence-electron chi connectivity index (χ0n) is 10.4. The molecule has 0 saturated heterocycles. The summed E-state index contributed by atoms with van der Waals surface area (Å²) in [5, 5.41) is 5.12. The van der Waals surface area contributed by atoms with E-state index >= 15 is 0 Å². The topological polar surface area (TPSA) is 76.7 Å². The van der Waals surface area contributed by atoms with Crippen molar-refractivity contribution in [3.05, 3.63) is 0 Å². The third-order valence-corrected chi connectivity index (χ3v) is 2.97. The first-order valence-electron chi connectivity index (χ1n) is 5.84. The molecule has 0 bridgehead atoms. The Balaban J connectivity index is 2.15. The van der Waals surface area contributed by atoms with Gasteiger partial charge in [0.1, 0.15) is 6.54 Å². The van der Waals surface area contributed by atoms with Crippen molar-refractivity contribution in [2.75, 3.05) is 26.8 Å². The summed E-state index contributed by atoms with van der Waals surface area (Å²) < 4.78 is 10.0. The van der Waals surface area contributed by atoms with Crippen LogP contribution in [-0.4, -0.2) is 44.4 Å². The molecule has 17 heavy (non-hydrogen) atoms. The van der Waals surface area contributed by atoms with E-state index in [0.29, 0.717) is 13.2 Å². The zero-order valence-corrected chi connectivity index (χ0v) is 10.4. The summed E-state index contributed by atoms with van der Waals surface area (Å²) in [6.45, 7) is 2.39. The normalized spacial score (nSPS) is 16.8. The third kappa shape index (κ3) is 4.22. The first-order valence-corrected chi connectivity index (χ1v) is 5.84. The highest BCUT2D eigenvalue weighted by Crippen LogP contribution is 2.34. The molecule has 1 aliphatic carbocycles. The molecule has 1 saturated carbocycles. The number of urea groups is 1. The molecule has 0 radical (unpaired) electrons. The molecule has 0 unspecified atom stereocenters. The SMILES string of the molecule is CCOC(=O)CNC(=O)NCC1(OC)CCC1. The fourth-order valence-electron chi connectivity index (χ4n) is 1.69. The highest BCUT2D eigenvalue weighted by atomic mass is 16.5. The largest absolute Gasteiger partial charge is 0.465 e. The molecule has 0 aliphatic heterocycles. The van der Waals surface area contributed by atoms with E-state index < -0.39 is 5.97 Å². The lowest BCUT2D eigenvalue weighted by atomic mass is 9.80. The quantitative estimate of drug-likeness (QED) is 0.664. The van der Waals surface area contributed by atoms with Crippen LogP contribution in [0.4, 0.5) is 4.79 Å². The summed E-state index contributed by atoms with van der Waals surface area (Å²) in [7, 11) is 1.65. The minimum absolute atomic E-state index is 0.111. The number of esters is 1. The van der Waals surface area contributed by atoms with Crippen molar-refractivity contribution in [3.8, 4) is 0 Å². The Hall–Kier alpha value is -1.30. The minimum Gasteiger partial charge on any atom is -0.465 e. The van der Waals surface area contributed by atoms with Gasteiger partial charge in [-0.25, -0.2) is 4.79 Å². The molecule has 1 fully saturated rings. The summed E-state index contributed by atoms with van der Waals surface area (Å²) in [6.07, 6.45) is 3.04. The van der Waals surface area contributed by atoms with E-state index in [9.17, 15) is 9.59 Å². The van der Waals surface area contributed by atoms with Crippen molar-refractivity contribution in [2.24, 2.45) is 0 Å². The van der Waals surface area contributed by atoms with E-state index in [4.69, 9.17) is 4.74 Å². The van der Waals surface area contributed by atoms with Crippen molar-refractivity contribution >= 4 is 12.0 Å². The molecule has 98 valence electrons. The molecule has 6 heteroatoms. The lowest BCUT2D eigenvalue weighted by Gasteiger charge is -2.40. The van der Waals surface area contributed by atoms with Crippen LogP contribution in [0, 0.1) is 0 Å². The monoisotopic (exact) mass is 244 g/mol. The number of nitrogens with one attached hydrogen (secondary N) is 2. The maximum absolute atomic E-state index is 11.4. The second-order valence-electron chi connectivity index (χ2n) is 4.08. The molecule has 2 amide bonds. The maximum Gasteiger partial charge on any atom is 0.325 e. The fraction of sp³-hybridized carbons (Fsp3) is 0.818. The molecule has 0 aromatic carbocycles. The van der Waals surface area contributed by atoms with Crippen molar-refractivity contribution in [1.82, 2.24) is 10.6 Å². The Morgan fingerprint density at radius 1 is 1.29 bits per heavy atom. The van der Waals surface area contributed by atoms with Gasteiger partial charge in [-0.15, -0.1) is 0 Å². The number of carbonyl (C=O) groups excluding carboxylic acids is 2. The van der Waals surface area contributed by atoms with Gasteiger partial charge < -0.3 is 20.1 Å². The van der Waals surface area contributed by atoms with Crippen LogP contribution in [0.5, 0.6) is 0 Å².